The van der Waals surface area contributed by atoms with E-state index in [1.165, 1.54) is 5.56 Å². The van der Waals surface area contributed by atoms with Gasteiger partial charge in [0.05, 0.1) is 11.1 Å². The Kier molecular flexibility index (Phi) is 4.32. The highest BCUT2D eigenvalue weighted by Crippen LogP contribution is 2.32. The molecule has 26 heavy (non-hydrogen) atoms. The van der Waals surface area contributed by atoms with Gasteiger partial charge in [0.25, 0.3) is 5.91 Å². The third-order valence-corrected chi connectivity index (χ3v) is 6.78. The summed E-state index contributed by atoms with van der Waals surface area (Å²) in [6.45, 7) is 9.01. The van der Waals surface area contributed by atoms with E-state index in [2.05, 4.69) is 53.7 Å². The second-order valence-electron chi connectivity index (χ2n) is 8.28. The first-order valence-corrected chi connectivity index (χ1v) is 9.68. The van der Waals surface area contributed by atoms with Crippen LogP contribution in [0.2, 0.25) is 0 Å². The van der Waals surface area contributed by atoms with Gasteiger partial charge in [-0.25, -0.2) is 0 Å². The van der Waals surface area contributed by atoms with E-state index in [9.17, 15) is 4.79 Å². The van der Waals surface area contributed by atoms with E-state index in [0.29, 0.717) is 0 Å². The van der Waals surface area contributed by atoms with Crippen LogP contribution in [-0.4, -0.2) is 77.9 Å². The lowest BCUT2D eigenvalue weighted by Gasteiger charge is -2.52. The van der Waals surface area contributed by atoms with Crippen molar-refractivity contribution >= 4 is 16.8 Å². The number of rotatable bonds is 1. The summed E-state index contributed by atoms with van der Waals surface area (Å²) in [6, 6.07) is 6.09. The minimum absolute atomic E-state index is 0.135. The molecule has 0 bridgehead atoms. The molecule has 1 spiro atoms. The molecule has 2 saturated heterocycles. The van der Waals surface area contributed by atoms with Gasteiger partial charge in [0.15, 0.2) is 0 Å². The molecule has 140 valence electrons. The van der Waals surface area contributed by atoms with E-state index in [1.807, 2.05) is 12.1 Å². The fourth-order valence-corrected chi connectivity index (χ4v) is 4.64. The monoisotopic (exact) mass is 354 g/mol. The maximum Gasteiger partial charge on any atom is 0.256 e. The van der Waals surface area contributed by atoms with Gasteiger partial charge in [-0.1, -0.05) is 12.1 Å². The number of benzene rings is 1. The number of hydrogen-bond acceptors (Lipinski definition) is 3. The van der Waals surface area contributed by atoms with Crippen LogP contribution in [0.1, 0.15) is 34.5 Å². The average Bonchev–Trinajstić information content (AvgIpc) is 2.94. The number of fused-ring (bicyclic) bond motifs is 1. The lowest BCUT2D eigenvalue weighted by molar-refractivity contribution is -0.0169. The molecule has 4 rings (SSSR count). The van der Waals surface area contributed by atoms with E-state index in [0.717, 1.165) is 67.7 Å². The number of carbonyl (C=O) groups is 1. The summed E-state index contributed by atoms with van der Waals surface area (Å²) in [5.41, 5.74) is 4.32. The predicted octanol–water partition coefficient (Wildman–Crippen LogP) is 2.64. The van der Waals surface area contributed by atoms with Crippen molar-refractivity contribution in [2.24, 2.45) is 0 Å². The molecular weight excluding hydrogens is 324 g/mol. The molecule has 0 unspecified atom stereocenters. The normalized spacial score (nSPS) is 21.6. The number of piperazine rings is 1. The number of likely N-dealkylation sites (tertiary alicyclic amines) is 1. The second-order valence-corrected chi connectivity index (χ2v) is 8.28. The number of H-pyrrole nitrogens is 1. The highest BCUT2D eigenvalue weighted by Gasteiger charge is 2.43. The lowest BCUT2D eigenvalue weighted by Crippen LogP contribution is -2.65. The summed E-state index contributed by atoms with van der Waals surface area (Å²) < 4.78 is 0. The minimum atomic E-state index is 0.135. The van der Waals surface area contributed by atoms with Crippen molar-refractivity contribution < 1.29 is 4.79 Å². The molecule has 0 atom stereocenters. The number of likely N-dealkylation sites (N-methyl/N-ethyl adjacent to an activating group) is 1. The molecule has 5 nitrogen and oxygen atoms in total. The molecular formula is C21H30N4O. The van der Waals surface area contributed by atoms with Gasteiger partial charge in [-0.15, -0.1) is 0 Å². The number of aryl methyl sites for hydroxylation is 2. The topological polar surface area (TPSA) is 42.6 Å². The van der Waals surface area contributed by atoms with Crippen molar-refractivity contribution in [3.8, 4) is 0 Å². The summed E-state index contributed by atoms with van der Waals surface area (Å²) in [5, 5.41) is 1.16. The number of aromatic nitrogens is 1. The molecule has 3 heterocycles. The number of carbonyl (C=O) groups excluding carboxylic acids is 1. The third kappa shape index (κ3) is 2.74. The molecule has 1 aromatic carbocycles. The molecule has 0 saturated carbocycles. The summed E-state index contributed by atoms with van der Waals surface area (Å²) >= 11 is 0. The molecule has 0 aliphatic carbocycles. The molecule has 0 radical (unpaired) electrons. The highest BCUT2D eigenvalue weighted by molar-refractivity contribution is 6.06. The molecule has 5 heteroatoms. The Bertz CT molecular complexity index is 832. The maximum atomic E-state index is 13.4. The zero-order chi connectivity index (χ0) is 18.5. The van der Waals surface area contributed by atoms with Crippen LogP contribution in [0.4, 0.5) is 0 Å². The number of hydrogen-bond donors (Lipinski definition) is 1. The standard InChI is InChI=1S/C21H30N4O/c1-15-16(2)22-19-17(15)6-5-7-18(19)20(26)25-13-12-24(4)21(14-25)8-10-23(3)11-9-21/h5-7,22H,8-14H2,1-4H3. The van der Waals surface area contributed by atoms with Crippen LogP contribution in [0.5, 0.6) is 0 Å². The summed E-state index contributed by atoms with van der Waals surface area (Å²) in [5.74, 6) is 0.170. The van der Waals surface area contributed by atoms with E-state index in [4.69, 9.17) is 0 Å². The van der Waals surface area contributed by atoms with Crippen molar-refractivity contribution in [3.63, 3.8) is 0 Å². The fraction of sp³-hybridized carbons (Fsp3) is 0.571. The van der Waals surface area contributed by atoms with E-state index in [1.54, 1.807) is 0 Å². The number of para-hydroxylation sites is 1. The van der Waals surface area contributed by atoms with Gasteiger partial charge in [-0.2, -0.15) is 0 Å². The second kappa shape index (κ2) is 6.39. The average molecular weight is 354 g/mol. The zero-order valence-corrected chi connectivity index (χ0v) is 16.4. The van der Waals surface area contributed by atoms with Crippen molar-refractivity contribution in [2.75, 3.05) is 46.8 Å². The Hall–Kier alpha value is -1.85. The van der Waals surface area contributed by atoms with Gasteiger partial charge in [-0.3, -0.25) is 9.69 Å². The van der Waals surface area contributed by atoms with E-state index in [-0.39, 0.29) is 11.4 Å². The number of aromatic amines is 1. The quantitative estimate of drug-likeness (QED) is 0.856. The lowest BCUT2D eigenvalue weighted by atomic mass is 9.83. The molecule has 1 amide bonds. The van der Waals surface area contributed by atoms with Crippen molar-refractivity contribution in [1.29, 1.82) is 0 Å². The van der Waals surface area contributed by atoms with Gasteiger partial charge in [0, 0.05) is 36.3 Å². The zero-order valence-electron chi connectivity index (χ0n) is 16.4. The van der Waals surface area contributed by atoms with E-state index >= 15 is 0 Å². The molecule has 2 fully saturated rings. The number of nitrogens with one attached hydrogen (secondary N) is 1. The first kappa shape index (κ1) is 17.6. The minimum Gasteiger partial charge on any atom is -0.358 e. The van der Waals surface area contributed by atoms with Crippen molar-refractivity contribution in [2.45, 2.75) is 32.2 Å². The van der Waals surface area contributed by atoms with Gasteiger partial charge in [-0.05, 0) is 65.5 Å². The number of piperidine rings is 1. The first-order chi connectivity index (χ1) is 12.4. The summed E-state index contributed by atoms with van der Waals surface area (Å²) in [4.78, 5) is 23.8. The van der Waals surface area contributed by atoms with E-state index < -0.39 is 0 Å². The molecule has 1 aromatic heterocycles. The predicted molar refractivity (Wildman–Crippen MR) is 106 cm³/mol. The Labute approximate surface area is 155 Å². The summed E-state index contributed by atoms with van der Waals surface area (Å²) in [6.07, 6.45) is 2.27. The highest BCUT2D eigenvalue weighted by atomic mass is 16.2. The van der Waals surface area contributed by atoms with Crippen LogP contribution in [0, 0.1) is 13.8 Å². The van der Waals surface area contributed by atoms with Gasteiger partial charge >= 0.3 is 0 Å². The Morgan fingerprint density at radius 3 is 2.54 bits per heavy atom. The van der Waals surface area contributed by atoms with Crippen LogP contribution in [-0.2, 0) is 0 Å². The van der Waals surface area contributed by atoms with Crippen LogP contribution >= 0.6 is 0 Å². The molecule has 2 aliphatic heterocycles. The third-order valence-electron chi connectivity index (χ3n) is 6.78. The smallest absolute Gasteiger partial charge is 0.256 e. The Balaban J connectivity index is 1.64. The number of amides is 1. The SMILES string of the molecule is Cc1[nH]c2c(C(=O)N3CCN(C)C4(CCN(C)CC4)C3)cccc2c1C. The molecule has 2 aromatic rings. The van der Waals surface area contributed by atoms with Crippen LogP contribution in [0.25, 0.3) is 10.9 Å². The van der Waals surface area contributed by atoms with Gasteiger partial charge in [0.2, 0.25) is 0 Å². The Morgan fingerprint density at radius 1 is 1.08 bits per heavy atom. The van der Waals surface area contributed by atoms with Crippen molar-refractivity contribution in [3.05, 3.63) is 35.0 Å². The fourth-order valence-electron chi connectivity index (χ4n) is 4.64. The van der Waals surface area contributed by atoms with Gasteiger partial charge in [0.1, 0.15) is 0 Å². The maximum absolute atomic E-state index is 13.4. The van der Waals surface area contributed by atoms with Gasteiger partial charge < -0.3 is 14.8 Å². The largest absolute Gasteiger partial charge is 0.358 e. The molecule has 2 aliphatic rings. The Morgan fingerprint density at radius 2 is 1.81 bits per heavy atom. The van der Waals surface area contributed by atoms with Crippen molar-refractivity contribution in [1.82, 2.24) is 19.7 Å². The number of nitrogens with zero attached hydrogens (tertiary/aromatic N) is 3. The molecule has 1 N–H and O–H groups in total. The van der Waals surface area contributed by atoms with Crippen LogP contribution in [0.15, 0.2) is 18.2 Å². The van der Waals surface area contributed by atoms with Crippen LogP contribution < -0.4 is 0 Å². The summed E-state index contributed by atoms with van der Waals surface area (Å²) in [7, 11) is 4.42. The van der Waals surface area contributed by atoms with Crippen LogP contribution in [0.3, 0.4) is 0 Å². The first-order valence-electron chi connectivity index (χ1n) is 9.68.